The molecule has 1 saturated heterocycles. The number of ether oxygens (including phenoxy) is 1. The fourth-order valence-electron chi connectivity index (χ4n) is 4.18. The third kappa shape index (κ3) is 3.99. The van der Waals surface area contributed by atoms with Crippen LogP contribution >= 0.6 is 22.6 Å². The Morgan fingerprint density at radius 2 is 1.82 bits per heavy atom. The van der Waals surface area contributed by atoms with Gasteiger partial charge in [0, 0.05) is 41.6 Å². The van der Waals surface area contributed by atoms with E-state index in [2.05, 4.69) is 19.8 Å². The fourth-order valence-corrected chi connectivity index (χ4v) is 4.41. The van der Waals surface area contributed by atoms with Crippen LogP contribution in [0.3, 0.4) is 0 Å². The molecule has 4 aromatic rings. The lowest BCUT2D eigenvalue weighted by molar-refractivity contribution is -0.124. The van der Waals surface area contributed by atoms with E-state index in [0.29, 0.717) is 47.9 Å². The Bertz CT molecular complexity index is 1480. The smallest absolute Gasteiger partial charge is 0.335 e. The normalized spacial score (nSPS) is 15.2. The van der Waals surface area contributed by atoms with E-state index < -0.39 is 0 Å². The van der Waals surface area contributed by atoms with Crippen LogP contribution in [0.5, 0.6) is 11.5 Å². The van der Waals surface area contributed by atoms with Crippen LogP contribution in [-0.2, 0) is 4.79 Å². The van der Waals surface area contributed by atoms with Crippen molar-refractivity contribution in [3.05, 3.63) is 71.4 Å². The van der Waals surface area contributed by atoms with E-state index >= 15 is 0 Å². The standard InChI is InChI=1S/C24H19IN6O3/c25-12-10-20(32)29-13-11-17(14-29)31-23-21(22(26)27-15-28-23)30(24(31)33)16-6-8-19(9-7-16)34-18-4-2-1-3-5-18/h1-9,15,17H,11,13-14H2,(H2,26,27,28)/t17-/m1/s1. The molecule has 1 aliphatic rings. The van der Waals surface area contributed by atoms with Gasteiger partial charge in [-0.25, -0.2) is 14.8 Å². The van der Waals surface area contributed by atoms with Crippen molar-refractivity contribution >= 4 is 45.5 Å². The molecule has 0 bridgehead atoms. The molecule has 3 heterocycles. The largest absolute Gasteiger partial charge is 0.457 e. The second kappa shape index (κ2) is 9.18. The molecule has 34 heavy (non-hydrogen) atoms. The number of nitrogens with two attached hydrogens (primary N) is 1. The Labute approximate surface area is 208 Å². The predicted octanol–water partition coefficient (Wildman–Crippen LogP) is 3.13. The van der Waals surface area contributed by atoms with E-state index in [4.69, 9.17) is 10.5 Å². The molecular weight excluding hydrogens is 547 g/mol. The highest BCUT2D eigenvalue weighted by atomic mass is 127. The van der Waals surface area contributed by atoms with Crippen LogP contribution < -0.4 is 16.2 Å². The molecular formula is C24H19IN6O3. The lowest BCUT2D eigenvalue weighted by atomic mass is 10.2. The summed E-state index contributed by atoms with van der Waals surface area (Å²) in [4.78, 5) is 36.0. The number of benzene rings is 2. The van der Waals surface area contributed by atoms with Crippen molar-refractivity contribution in [1.29, 1.82) is 0 Å². The first-order valence-electron chi connectivity index (χ1n) is 10.5. The van der Waals surface area contributed by atoms with E-state index in [1.165, 1.54) is 10.9 Å². The zero-order chi connectivity index (χ0) is 23.7. The highest BCUT2D eigenvalue weighted by Crippen LogP contribution is 2.28. The number of aromatic nitrogens is 4. The van der Waals surface area contributed by atoms with Crippen LogP contribution in [0.2, 0.25) is 0 Å². The maximum Gasteiger partial charge on any atom is 0.335 e. The van der Waals surface area contributed by atoms with Gasteiger partial charge in [0.15, 0.2) is 11.5 Å². The summed E-state index contributed by atoms with van der Waals surface area (Å²) in [6, 6.07) is 16.4. The molecule has 5 rings (SSSR count). The van der Waals surface area contributed by atoms with Gasteiger partial charge in [0.25, 0.3) is 5.91 Å². The van der Waals surface area contributed by atoms with Crippen molar-refractivity contribution < 1.29 is 9.53 Å². The molecule has 0 radical (unpaired) electrons. The Balaban J connectivity index is 1.54. The van der Waals surface area contributed by atoms with Gasteiger partial charge in [0.2, 0.25) is 0 Å². The number of anilines is 1. The minimum Gasteiger partial charge on any atom is -0.457 e. The first-order valence-corrected chi connectivity index (χ1v) is 11.6. The number of carbonyl (C=O) groups is 1. The lowest BCUT2D eigenvalue weighted by Crippen LogP contribution is -2.31. The number of hydrogen-bond donors (Lipinski definition) is 1. The topological polar surface area (TPSA) is 108 Å². The van der Waals surface area contributed by atoms with E-state index in [0.717, 1.165) is 0 Å². The molecule has 1 fully saturated rings. The average molecular weight is 566 g/mol. The average Bonchev–Trinajstić information content (AvgIpc) is 3.43. The molecule has 0 unspecified atom stereocenters. The molecule has 0 saturated carbocycles. The van der Waals surface area contributed by atoms with Gasteiger partial charge in [0.1, 0.15) is 23.3 Å². The molecule has 2 aromatic heterocycles. The fraction of sp³-hybridized carbons (Fsp3) is 0.167. The van der Waals surface area contributed by atoms with Crippen molar-refractivity contribution in [2.45, 2.75) is 12.5 Å². The third-order valence-corrected chi connectivity index (χ3v) is 5.99. The van der Waals surface area contributed by atoms with Crippen molar-refractivity contribution in [1.82, 2.24) is 24.0 Å². The first-order chi connectivity index (χ1) is 16.6. The lowest BCUT2D eigenvalue weighted by Gasteiger charge is -2.14. The minimum absolute atomic E-state index is 0.201. The maximum absolute atomic E-state index is 13.6. The van der Waals surface area contributed by atoms with Gasteiger partial charge in [-0.3, -0.25) is 13.9 Å². The number of likely N-dealkylation sites (tertiary alicyclic amines) is 1. The van der Waals surface area contributed by atoms with Crippen LogP contribution in [0, 0.1) is 9.85 Å². The summed E-state index contributed by atoms with van der Waals surface area (Å²) in [7, 11) is 0. The van der Waals surface area contributed by atoms with E-state index in [-0.39, 0.29) is 23.5 Å². The monoisotopic (exact) mass is 566 g/mol. The number of para-hydroxylation sites is 1. The molecule has 0 aliphatic carbocycles. The van der Waals surface area contributed by atoms with Gasteiger partial charge >= 0.3 is 5.69 Å². The number of rotatable bonds is 4. The first kappa shape index (κ1) is 22.0. The second-order valence-electron chi connectivity index (χ2n) is 7.74. The highest BCUT2D eigenvalue weighted by molar-refractivity contribution is 14.1. The molecule has 1 atom stereocenters. The van der Waals surface area contributed by atoms with Gasteiger partial charge in [-0.15, -0.1) is 0 Å². The van der Waals surface area contributed by atoms with Crippen LogP contribution in [-0.4, -0.2) is 43.0 Å². The summed E-state index contributed by atoms with van der Waals surface area (Å²) in [5, 5.41) is 0. The van der Waals surface area contributed by atoms with Gasteiger partial charge in [-0.1, -0.05) is 18.2 Å². The molecule has 9 nitrogen and oxygen atoms in total. The number of amides is 1. The Kier molecular flexibility index (Phi) is 5.93. The summed E-state index contributed by atoms with van der Waals surface area (Å²) in [6.45, 7) is 0.886. The van der Waals surface area contributed by atoms with Crippen molar-refractivity contribution in [3.63, 3.8) is 0 Å². The van der Waals surface area contributed by atoms with Crippen LogP contribution in [0.1, 0.15) is 12.5 Å². The zero-order valence-electron chi connectivity index (χ0n) is 17.9. The Hall–Kier alpha value is -3.85. The van der Waals surface area contributed by atoms with Gasteiger partial charge in [-0.05, 0) is 46.7 Å². The molecule has 1 aliphatic heterocycles. The number of halogens is 1. The maximum atomic E-state index is 13.6. The third-order valence-electron chi connectivity index (χ3n) is 5.72. The van der Waals surface area contributed by atoms with Crippen molar-refractivity contribution in [3.8, 4) is 27.0 Å². The second-order valence-corrected chi connectivity index (χ2v) is 8.28. The van der Waals surface area contributed by atoms with Crippen molar-refractivity contribution in [2.75, 3.05) is 18.8 Å². The predicted molar refractivity (Wildman–Crippen MR) is 136 cm³/mol. The zero-order valence-corrected chi connectivity index (χ0v) is 20.0. The van der Waals surface area contributed by atoms with Crippen LogP contribution in [0.4, 0.5) is 5.82 Å². The van der Waals surface area contributed by atoms with Crippen LogP contribution in [0.25, 0.3) is 16.9 Å². The number of carbonyl (C=O) groups excluding carboxylic acids is 1. The molecule has 2 aromatic carbocycles. The van der Waals surface area contributed by atoms with E-state index in [1.54, 1.807) is 33.7 Å². The summed E-state index contributed by atoms with van der Waals surface area (Å²) >= 11 is 1.84. The number of nitrogens with zero attached hydrogens (tertiary/aromatic N) is 5. The SMILES string of the molecule is Nc1ncnc2c1n(-c1ccc(Oc3ccccc3)cc1)c(=O)n2[C@@H]1CCN(C(=O)C#CI)C1. The van der Waals surface area contributed by atoms with Crippen molar-refractivity contribution in [2.24, 2.45) is 0 Å². The Morgan fingerprint density at radius 3 is 2.56 bits per heavy atom. The van der Waals surface area contributed by atoms with Gasteiger partial charge in [-0.2, -0.15) is 0 Å². The summed E-state index contributed by atoms with van der Waals surface area (Å²) < 4.78 is 11.6. The quantitative estimate of drug-likeness (QED) is 0.301. The summed E-state index contributed by atoms with van der Waals surface area (Å²) in [5.41, 5.74) is 7.37. The summed E-state index contributed by atoms with van der Waals surface area (Å²) in [5.74, 6) is 3.85. The molecule has 170 valence electrons. The number of nitrogen functional groups attached to an aromatic ring is 1. The summed E-state index contributed by atoms with van der Waals surface area (Å²) in [6.07, 6.45) is 1.95. The molecule has 10 heteroatoms. The molecule has 2 N–H and O–H groups in total. The number of fused-ring (bicyclic) bond motifs is 1. The number of hydrogen-bond acceptors (Lipinski definition) is 6. The minimum atomic E-state index is -0.293. The van der Waals surface area contributed by atoms with Crippen LogP contribution in [0.15, 0.2) is 65.7 Å². The number of imidazole rings is 1. The highest BCUT2D eigenvalue weighted by Gasteiger charge is 2.31. The van der Waals surface area contributed by atoms with Gasteiger partial charge < -0.3 is 15.4 Å². The molecule has 0 spiro atoms. The van der Waals surface area contributed by atoms with E-state index in [1.807, 2.05) is 52.9 Å². The Morgan fingerprint density at radius 1 is 1.09 bits per heavy atom. The molecule has 1 amide bonds. The van der Waals surface area contributed by atoms with Gasteiger partial charge in [0.05, 0.1) is 11.7 Å². The van der Waals surface area contributed by atoms with E-state index in [9.17, 15) is 9.59 Å².